The fraction of sp³-hybridized carbons (Fsp3) is 0.500. The molecule has 92 valence electrons. The van der Waals surface area contributed by atoms with Crippen molar-refractivity contribution < 1.29 is 9.90 Å². The lowest BCUT2D eigenvalue weighted by molar-refractivity contribution is -0.128. The fourth-order valence-electron chi connectivity index (χ4n) is 2.31. The molecular formula is C14H19NO2. The molecule has 1 fully saturated rings. The van der Waals surface area contributed by atoms with E-state index in [0.29, 0.717) is 19.5 Å². The molecule has 1 aliphatic rings. The minimum Gasteiger partial charge on any atom is -0.396 e. The Morgan fingerprint density at radius 2 is 2.18 bits per heavy atom. The molecule has 0 saturated carbocycles. The van der Waals surface area contributed by atoms with Crippen molar-refractivity contribution in [2.45, 2.75) is 26.8 Å². The summed E-state index contributed by atoms with van der Waals surface area (Å²) in [4.78, 5) is 13.6. The van der Waals surface area contributed by atoms with Crippen molar-refractivity contribution in [2.24, 2.45) is 5.92 Å². The smallest absolute Gasteiger partial charge is 0.223 e. The molecule has 0 radical (unpaired) electrons. The van der Waals surface area contributed by atoms with Crippen molar-refractivity contribution in [2.75, 3.05) is 13.2 Å². The predicted octanol–water partition coefficient (Wildman–Crippen LogP) is 1.64. The van der Waals surface area contributed by atoms with Crippen LogP contribution < -0.4 is 0 Å². The van der Waals surface area contributed by atoms with Crippen molar-refractivity contribution in [1.29, 1.82) is 0 Å². The first-order valence-electron chi connectivity index (χ1n) is 6.05. The monoisotopic (exact) mass is 233 g/mol. The molecule has 0 aromatic heterocycles. The standard InChI is InChI=1S/C14H19NO2/c1-10-3-4-11(2)13(5-10)8-15-7-12(9-16)6-14(15)17/h3-5,12,16H,6-9H2,1-2H3. The van der Waals surface area contributed by atoms with Crippen LogP contribution in [0.5, 0.6) is 0 Å². The largest absolute Gasteiger partial charge is 0.396 e. The average Bonchev–Trinajstić information content (AvgIpc) is 2.65. The number of rotatable bonds is 3. The average molecular weight is 233 g/mol. The van der Waals surface area contributed by atoms with Crippen LogP contribution in [0.2, 0.25) is 0 Å². The second-order valence-electron chi connectivity index (χ2n) is 4.96. The van der Waals surface area contributed by atoms with Crippen LogP contribution in [0.4, 0.5) is 0 Å². The third-order valence-corrected chi connectivity index (χ3v) is 3.42. The van der Waals surface area contributed by atoms with Crippen molar-refractivity contribution >= 4 is 5.91 Å². The van der Waals surface area contributed by atoms with Crippen LogP contribution >= 0.6 is 0 Å². The van der Waals surface area contributed by atoms with E-state index in [-0.39, 0.29) is 18.4 Å². The van der Waals surface area contributed by atoms with Gasteiger partial charge in [-0.05, 0) is 25.0 Å². The van der Waals surface area contributed by atoms with Crippen LogP contribution in [0.25, 0.3) is 0 Å². The number of nitrogens with zero attached hydrogens (tertiary/aromatic N) is 1. The highest BCUT2D eigenvalue weighted by molar-refractivity contribution is 5.78. The number of aliphatic hydroxyl groups excluding tert-OH is 1. The molecule has 1 heterocycles. The number of aryl methyl sites for hydroxylation is 2. The summed E-state index contributed by atoms with van der Waals surface area (Å²) in [5.74, 6) is 0.276. The van der Waals surface area contributed by atoms with Crippen LogP contribution in [0.15, 0.2) is 18.2 Å². The zero-order chi connectivity index (χ0) is 12.4. The van der Waals surface area contributed by atoms with Gasteiger partial charge in [-0.2, -0.15) is 0 Å². The van der Waals surface area contributed by atoms with Gasteiger partial charge in [-0.25, -0.2) is 0 Å². The van der Waals surface area contributed by atoms with E-state index in [9.17, 15) is 4.79 Å². The molecule has 0 spiro atoms. The first-order chi connectivity index (χ1) is 8.10. The SMILES string of the molecule is Cc1ccc(C)c(CN2CC(CO)CC2=O)c1. The fourth-order valence-corrected chi connectivity index (χ4v) is 2.31. The lowest BCUT2D eigenvalue weighted by Crippen LogP contribution is -2.25. The van der Waals surface area contributed by atoms with Gasteiger partial charge in [-0.3, -0.25) is 4.79 Å². The van der Waals surface area contributed by atoms with Crippen LogP contribution in [0, 0.1) is 19.8 Å². The highest BCUT2D eigenvalue weighted by Gasteiger charge is 2.28. The quantitative estimate of drug-likeness (QED) is 0.862. The van der Waals surface area contributed by atoms with E-state index < -0.39 is 0 Å². The van der Waals surface area contributed by atoms with E-state index >= 15 is 0 Å². The normalized spacial score (nSPS) is 20.1. The number of aliphatic hydroxyl groups is 1. The van der Waals surface area contributed by atoms with Crippen molar-refractivity contribution in [3.63, 3.8) is 0 Å². The van der Waals surface area contributed by atoms with Crippen LogP contribution in [0.1, 0.15) is 23.1 Å². The van der Waals surface area contributed by atoms with Gasteiger partial charge in [0.2, 0.25) is 5.91 Å². The molecule has 1 aromatic carbocycles. The van der Waals surface area contributed by atoms with Gasteiger partial charge in [0.15, 0.2) is 0 Å². The zero-order valence-corrected chi connectivity index (χ0v) is 10.4. The van der Waals surface area contributed by atoms with E-state index in [1.54, 1.807) is 0 Å². The summed E-state index contributed by atoms with van der Waals surface area (Å²) in [7, 11) is 0. The van der Waals surface area contributed by atoms with Crippen LogP contribution in [-0.4, -0.2) is 29.1 Å². The molecule has 1 aliphatic heterocycles. The maximum atomic E-state index is 11.8. The van der Waals surface area contributed by atoms with Gasteiger partial charge >= 0.3 is 0 Å². The van der Waals surface area contributed by atoms with Crippen molar-refractivity contribution in [3.8, 4) is 0 Å². The third kappa shape index (κ3) is 2.67. The molecular weight excluding hydrogens is 214 g/mol. The molecule has 3 heteroatoms. The van der Waals surface area contributed by atoms with Gasteiger partial charge in [0.25, 0.3) is 0 Å². The first-order valence-corrected chi connectivity index (χ1v) is 6.05. The Labute approximate surface area is 102 Å². The molecule has 1 unspecified atom stereocenters. The minimum atomic E-state index is 0.106. The summed E-state index contributed by atoms with van der Waals surface area (Å²) in [6, 6.07) is 6.31. The minimum absolute atomic E-state index is 0.106. The van der Waals surface area contributed by atoms with E-state index in [4.69, 9.17) is 5.11 Å². The lowest BCUT2D eigenvalue weighted by Gasteiger charge is -2.18. The maximum Gasteiger partial charge on any atom is 0.223 e. The summed E-state index contributed by atoms with van der Waals surface area (Å²) >= 11 is 0. The van der Waals surface area contributed by atoms with E-state index in [0.717, 1.165) is 0 Å². The van der Waals surface area contributed by atoms with E-state index in [2.05, 4.69) is 32.0 Å². The second-order valence-corrected chi connectivity index (χ2v) is 4.96. The molecule has 1 N–H and O–H groups in total. The van der Waals surface area contributed by atoms with E-state index in [1.807, 2.05) is 4.90 Å². The Bertz CT molecular complexity index is 428. The number of amides is 1. The number of carbonyl (C=O) groups excluding carboxylic acids is 1. The molecule has 3 nitrogen and oxygen atoms in total. The van der Waals surface area contributed by atoms with Gasteiger partial charge in [0.05, 0.1) is 0 Å². The van der Waals surface area contributed by atoms with Crippen molar-refractivity contribution in [3.05, 3.63) is 34.9 Å². The molecule has 1 saturated heterocycles. The highest BCUT2D eigenvalue weighted by atomic mass is 16.3. The summed E-state index contributed by atoms with van der Waals surface area (Å²) in [6.45, 7) is 5.59. The molecule has 0 aliphatic carbocycles. The molecule has 1 atom stereocenters. The van der Waals surface area contributed by atoms with Gasteiger partial charge in [-0.15, -0.1) is 0 Å². The number of hydrogen-bond donors (Lipinski definition) is 1. The van der Waals surface area contributed by atoms with E-state index in [1.165, 1.54) is 16.7 Å². The second kappa shape index (κ2) is 4.88. The zero-order valence-electron chi connectivity index (χ0n) is 10.4. The molecule has 1 aromatic rings. The third-order valence-electron chi connectivity index (χ3n) is 3.42. The Kier molecular flexibility index (Phi) is 3.48. The highest BCUT2D eigenvalue weighted by Crippen LogP contribution is 2.21. The molecule has 17 heavy (non-hydrogen) atoms. The topological polar surface area (TPSA) is 40.5 Å². The van der Waals surface area contributed by atoms with Gasteiger partial charge in [0, 0.05) is 32.0 Å². The van der Waals surface area contributed by atoms with Gasteiger partial charge in [0.1, 0.15) is 0 Å². The summed E-state index contributed by atoms with van der Waals surface area (Å²) in [5.41, 5.74) is 3.64. The number of carbonyl (C=O) groups is 1. The number of likely N-dealkylation sites (tertiary alicyclic amines) is 1. The Morgan fingerprint density at radius 1 is 1.41 bits per heavy atom. The van der Waals surface area contributed by atoms with Crippen LogP contribution in [-0.2, 0) is 11.3 Å². The number of benzene rings is 1. The Balaban J connectivity index is 2.11. The van der Waals surface area contributed by atoms with Crippen molar-refractivity contribution in [1.82, 2.24) is 4.90 Å². The molecule has 0 bridgehead atoms. The Hall–Kier alpha value is -1.35. The molecule has 1 amide bonds. The summed E-state index contributed by atoms with van der Waals surface area (Å²) in [5, 5.41) is 9.09. The molecule has 2 rings (SSSR count). The first kappa shape index (κ1) is 12.1. The van der Waals surface area contributed by atoms with Crippen LogP contribution in [0.3, 0.4) is 0 Å². The van der Waals surface area contributed by atoms with Gasteiger partial charge < -0.3 is 10.0 Å². The maximum absolute atomic E-state index is 11.8. The predicted molar refractivity (Wildman–Crippen MR) is 66.5 cm³/mol. The summed E-state index contributed by atoms with van der Waals surface area (Å²) in [6.07, 6.45) is 0.487. The summed E-state index contributed by atoms with van der Waals surface area (Å²) < 4.78 is 0. The van der Waals surface area contributed by atoms with Gasteiger partial charge in [-0.1, -0.05) is 23.8 Å². The Morgan fingerprint density at radius 3 is 2.82 bits per heavy atom. The number of hydrogen-bond acceptors (Lipinski definition) is 2. The lowest BCUT2D eigenvalue weighted by atomic mass is 10.1.